The highest BCUT2D eigenvalue weighted by Gasteiger charge is 2.17. The van der Waals surface area contributed by atoms with Crippen molar-refractivity contribution in [3.63, 3.8) is 0 Å². The van der Waals surface area contributed by atoms with Gasteiger partial charge < -0.3 is 15.2 Å². The summed E-state index contributed by atoms with van der Waals surface area (Å²) in [7, 11) is 0. The molecule has 0 unspecified atom stereocenters. The number of esters is 1. The van der Waals surface area contributed by atoms with Crippen molar-refractivity contribution in [2.75, 3.05) is 11.9 Å². The number of non-ortho nitro benzene ring substituents is 1. The van der Waals surface area contributed by atoms with Crippen LogP contribution >= 0.6 is 11.6 Å². The molecule has 0 saturated heterocycles. The molecule has 9 heteroatoms. The van der Waals surface area contributed by atoms with Crippen LogP contribution in [0.15, 0.2) is 54.6 Å². The number of fused-ring (bicyclic) bond motifs is 1. The Balaban J connectivity index is 1.65. The van der Waals surface area contributed by atoms with Gasteiger partial charge in [-0.2, -0.15) is 0 Å². The Morgan fingerprint density at radius 2 is 1.79 bits per heavy atom. The standard InChI is InChI=1S/C19H13ClN2O6/c20-15-9-13(22(26)27)5-6-16(15)21-18(24)10-28-19(25)14-7-11-3-1-2-4-12(11)8-17(14)23/h1-9,23H,10H2,(H,21,24). The number of ether oxygens (including phenoxy) is 1. The zero-order valence-corrected chi connectivity index (χ0v) is 15.0. The molecule has 0 radical (unpaired) electrons. The van der Waals surface area contributed by atoms with Gasteiger partial charge in [0.2, 0.25) is 0 Å². The zero-order valence-electron chi connectivity index (χ0n) is 14.2. The molecular weight excluding hydrogens is 388 g/mol. The van der Waals surface area contributed by atoms with Gasteiger partial charge in [0.15, 0.2) is 6.61 Å². The molecule has 0 aliphatic heterocycles. The van der Waals surface area contributed by atoms with Crippen LogP contribution in [0.3, 0.4) is 0 Å². The third-order valence-electron chi connectivity index (χ3n) is 3.86. The Kier molecular flexibility index (Phi) is 5.42. The molecule has 0 aromatic heterocycles. The molecule has 3 rings (SSSR count). The van der Waals surface area contributed by atoms with Crippen molar-refractivity contribution in [3.05, 3.63) is 75.3 Å². The molecule has 3 aromatic carbocycles. The van der Waals surface area contributed by atoms with Crippen LogP contribution in [0, 0.1) is 10.1 Å². The minimum atomic E-state index is -0.867. The van der Waals surface area contributed by atoms with Gasteiger partial charge in [-0.05, 0) is 29.0 Å². The molecule has 0 atom stereocenters. The number of carbonyl (C=O) groups excluding carboxylic acids is 2. The van der Waals surface area contributed by atoms with Gasteiger partial charge in [-0.3, -0.25) is 14.9 Å². The van der Waals surface area contributed by atoms with E-state index >= 15 is 0 Å². The first-order valence-electron chi connectivity index (χ1n) is 7.98. The lowest BCUT2D eigenvalue weighted by Crippen LogP contribution is -2.21. The third-order valence-corrected chi connectivity index (χ3v) is 4.17. The van der Waals surface area contributed by atoms with Crippen LogP contribution < -0.4 is 5.32 Å². The molecule has 8 nitrogen and oxygen atoms in total. The fraction of sp³-hybridized carbons (Fsp3) is 0.0526. The van der Waals surface area contributed by atoms with E-state index in [0.29, 0.717) is 0 Å². The number of amides is 1. The quantitative estimate of drug-likeness (QED) is 0.381. The number of benzene rings is 3. The number of phenols is 1. The van der Waals surface area contributed by atoms with E-state index in [1.54, 1.807) is 24.3 Å². The molecule has 0 saturated carbocycles. The van der Waals surface area contributed by atoms with E-state index < -0.39 is 23.4 Å². The summed E-state index contributed by atoms with van der Waals surface area (Å²) in [6.07, 6.45) is 0. The maximum Gasteiger partial charge on any atom is 0.342 e. The molecule has 0 spiro atoms. The number of aromatic hydroxyl groups is 1. The molecule has 0 bridgehead atoms. The number of hydrogen-bond acceptors (Lipinski definition) is 6. The molecule has 0 aliphatic carbocycles. The third kappa shape index (κ3) is 4.18. The average Bonchev–Trinajstić information content (AvgIpc) is 2.67. The van der Waals surface area contributed by atoms with Gasteiger partial charge in [-0.25, -0.2) is 4.79 Å². The second-order valence-corrected chi connectivity index (χ2v) is 6.17. The van der Waals surface area contributed by atoms with Crippen LogP contribution in [0.2, 0.25) is 5.02 Å². The highest BCUT2D eigenvalue weighted by Crippen LogP contribution is 2.27. The number of hydrogen-bond donors (Lipinski definition) is 2. The molecule has 1 amide bonds. The second-order valence-electron chi connectivity index (χ2n) is 5.76. The van der Waals surface area contributed by atoms with Gasteiger partial charge in [0, 0.05) is 12.1 Å². The van der Waals surface area contributed by atoms with Crippen LogP contribution in [0.5, 0.6) is 5.75 Å². The maximum absolute atomic E-state index is 12.2. The van der Waals surface area contributed by atoms with E-state index in [0.717, 1.165) is 16.8 Å². The van der Waals surface area contributed by atoms with Gasteiger partial charge in [0.05, 0.1) is 15.6 Å². The van der Waals surface area contributed by atoms with Crippen LogP contribution in [0.25, 0.3) is 10.8 Å². The number of nitro benzene ring substituents is 1. The molecular formula is C19H13ClN2O6. The number of nitro groups is 1. The molecule has 0 aliphatic rings. The van der Waals surface area contributed by atoms with Crippen molar-refractivity contribution in [1.82, 2.24) is 0 Å². The number of phenolic OH excluding ortho intramolecular Hbond substituents is 1. The number of nitrogens with zero attached hydrogens (tertiary/aromatic N) is 1. The number of nitrogens with one attached hydrogen (secondary N) is 1. The normalized spacial score (nSPS) is 10.5. The van der Waals surface area contributed by atoms with Gasteiger partial charge in [0.1, 0.15) is 11.3 Å². The van der Waals surface area contributed by atoms with Crippen molar-refractivity contribution in [3.8, 4) is 5.75 Å². The van der Waals surface area contributed by atoms with Crippen molar-refractivity contribution >= 4 is 45.6 Å². The fourth-order valence-electron chi connectivity index (χ4n) is 2.51. The minimum absolute atomic E-state index is 0.0268. The Morgan fingerprint density at radius 3 is 2.43 bits per heavy atom. The van der Waals surface area contributed by atoms with Crippen molar-refractivity contribution in [2.24, 2.45) is 0 Å². The minimum Gasteiger partial charge on any atom is -0.507 e. The number of halogens is 1. The highest BCUT2D eigenvalue weighted by molar-refractivity contribution is 6.34. The molecule has 3 aromatic rings. The van der Waals surface area contributed by atoms with Crippen LogP contribution in [-0.4, -0.2) is 28.5 Å². The summed E-state index contributed by atoms with van der Waals surface area (Å²) in [6, 6.07) is 13.6. The summed E-state index contributed by atoms with van der Waals surface area (Å²) >= 11 is 5.89. The largest absolute Gasteiger partial charge is 0.507 e. The van der Waals surface area contributed by atoms with E-state index in [-0.39, 0.29) is 27.7 Å². The topological polar surface area (TPSA) is 119 Å². The summed E-state index contributed by atoms with van der Waals surface area (Å²) in [5.41, 5.74) is -0.150. The number of rotatable bonds is 5. The SMILES string of the molecule is O=C(COC(=O)c1cc2ccccc2cc1O)Nc1ccc([N+](=O)[O-])cc1Cl. The average molecular weight is 401 g/mol. The molecule has 28 heavy (non-hydrogen) atoms. The Labute approximate surface area is 163 Å². The Hall–Kier alpha value is -3.65. The van der Waals surface area contributed by atoms with Crippen molar-refractivity contribution in [1.29, 1.82) is 0 Å². The lowest BCUT2D eigenvalue weighted by atomic mass is 10.1. The first kappa shape index (κ1) is 19.1. The Bertz CT molecular complexity index is 1100. The fourth-order valence-corrected chi connectivity index (χ4v) is 2.73. The highest BCUT2D eigenvalue weighted by atomic mass is 35.5. The molecule has 2 N–H and O–H groups in total. The zero-order chi connectivity index (χ0) is 20.3. The number of anilines is 1. The van der Waals surface area contributed by atoms with E-state index in [1.165, 1.54) is 24.3 Å². The van der Waals surface area contributed by atoms with E-state index in [9.17, 15) is 24.8 Å². The monoisotopic (exact) mass is 400 g/mol. The molecule has 0 fully saturated rings. The smallest absolute Gasteiger partial charge is 0.342 e. The number of carbonyl (C=O) groups is 2. The lowest BCUT2D eigenvalue weighted by molar-refractivity contribution is -0.384. The van der Waals surface area contributed by atoms with Crippen LogP contribution in [0.4, 0.5) is 11.4 Å². The maximum atomic E-state index is 12.2. The molecule has 0 heterocycles. The van der Waals surface area contributed by atoms with E-state index in [2.05, 4.69) is 5.32 Å². The summed E-state index contributed by atoms with van der Waals surface area (Å²) in [6.45, 7) is -0.627. The van der Waals surface area contributed by atoms with Crippen molar-refractivity contribution < 1.29 is 24.4 Å². The summed E-state index contributed by atoms with van der Waals surface area (Å²) < 4.78 is 4.93. The first-order chi connectivity index (χ1) is 13.3. The summed E-state index contributed by atoms with van der Waals surface area (Å²) in [5, 5.41) is 24.6. The van der Waals surface area contributed by atoms with Gasteiger partial charge in [-0.1, -0.05) is 35.9 Å². The molecule has 142 valence electrons. The van der Waals surface area contributed by atoms with E-state index in [1.807, 2.05) is 0 Å². The predicted octanol–water partition coefficient (Wildman–Crippen LogP) is 3.90. The summed E-state index contributed by atoms with van der Waals surface area (Å²) in [4.78, 5) is 34.2. The van der Waals surface area contributed by atoms with E-state index in [4.69, 9.17) is 16.3 Å². The van der Waals surface area contributed by atoms with Crippen molar-refractivity contribution in [2.45, 2.75) is 0 Å². The lowest BCUT2D eigenvalue weighted by Gasteiger charge is -2.09. The van der Waals surface area contributed by atoms with Gasteiger partial charge in [-0.15, -0.1) is 0 Å². The summed E-state index contributed by atoms with van der Waals surface area (Å²) in [5.74, 6) is -1.82. The second kappa shape index (κ2) is 7.93. The van der Waals surface area contributed by atoms with Crippen LogP contribution in [0.1, 0.15) is 10.4 Å². The van der Waals surface area contributed by atoms with Crippen LogP contribution in [-0.2, 0) is 9.53 Å². The Morgan fingerprint density at radius 1 is 1.11 bits per heavy atom. The van der Waals surface area contributed by atoms with Gasteiger partial charge >= 0.3 is 5.97 Å². The predicted molar refractivity (Wildman–Crippen MR) is 103 cm³/mol. The first-order valence-corrected chi connectivity index (χ1v) is 8.35. The van der Waals surface area contributed by atoms with Gasteiger partial charge in [0.25, 0.3) is 11.6 Å².